The van der Waals surface area contributed by atoms with E-state index < -0.39 is 0 Å². The lowest BCUT2D eigenvalue weighted by Gasteiger charge is -2.02. The fraction of sp³-hybridized carbons (Fsp3) is 0. The van der Waals surface area contributed by atoms with Gasteiger partial charge in [0.2, 0.25) is 0 Å². The monoisotopic (exact) mass is 328 g/mol. The van der Waals surface area contributed by atoms with Gasteiger partial charge in [0.15, 0.2) is 11.5 Å². The van der Waals surface area contributed by atoms with Gasteiger partial charge in [0, 0.05) is 0 Å². The molecule has 6 heteroatoms. The molecule has 0 aliphatic rings. The van der Waals surface area contributed by atoms with Gasteiger partial charge in [0.25, 0.3) is 0 Å². The highest BCUT2D eigenvalue weighted by molar-refractivity contribution is 7.19. The van der Waals surface area contributed by atoms with Gasteiger partial charge in [-0.1, -0.05) is 23.7 Å². The van der Waals surface area contributed by atoms with Crippen LogP contribution in [0.5, 0.6) is 11.5 Å². The number of aromatic nitrogens is 1. The second kappa shape index (κ2) is 5.68. The number of phenolic OH excluding ortho intramolecular Hbond substituents is 2. The van der Waals surface area contributed by atoms with E-state index in [0.717, 1.165) is 10.2 Å². The number of phenols is 2. The third-order valence-corrected chi connectivity index (χ3v) is 4.38. The van der Waals surface area contributed by atoms with E-state index in [-0.39, 0.29) is 16.5 Å². The quantitative estimate of drug-likeness (QED) is 0.539. The molecular formula is C16H9ClN2O2S. The highest BCUT2D eigenvalue weighted by atomic mass is 35.5. The first-order valence-electron chi connectivity index (χ1n) is 6.27. The summed E-state index contributed by atoms with van der Waals surface area (Å²) in [5.74, 6) is -0.711. The maximum atomic E-state index is 9.59. The van der Waals surface area contributed by atoms with Gasteiger partial charge in [-0.3, -0.25) is 0 Å². The number of rotatable bonds is 2. The number of nitriles is 1. The zero-order valence-electron chi connectivity index (χ0n) is 11.1. The van der Waals surface area contributed by atoms with Gasteiger partial charge in [-0.15, -0.1) is 11.3 Å². The average Bonchev–Trinajstić information content (AvgIpc) is 2.93. The Morgan fingerprint density at radius 3 is 2.73 bits per heavy atom. The van der Waals surface area contributed by atoms with Gasteiger partial charge in [-0.05, 0) is 35.9 Å². The largest absolute Gasteiger partial charge is 0.504 e. The van der Waals surface area contributed by atoms with Gasteiger partial charge in [-0.2, -0.15) is 5.26 Å². The molecule has 0 aliphatic carbocycles. The summed E-state index contributed by atoms with van der Waals surface area (Å²) in [6, 6.07) is 12.5. The first-order chi connectivity index (χ1) is 10.6. The van der Waals surface area contributed by atoms with Gasteiger partial charge >= 0.3 is 0 Å². The Hall–Kier alpha value is -2.55. The summed E-state index contributed by atoms with van der Waals surface area (Å²) in [5.41, 5.74) is 1.70. The van der Waals surface area contributed by atoms with Gasteiger partial charge in [-0.25, -0.2) is 4.98 Å². The lowest BCUT2D eigenvalue weighted by molar-refractivity contribution is 0.404. The van der Waals surface area contributed by atoms with Crippen LogP contribution >= 0.6 is 22.9 Å². The minimum atomic E-state index is -0.377. The Morgan fingerprint density at radius 1 is 1.27 bits per heavy atom. The number of hydrogen-bond acceptors (Lipinski definition) is 5. The first-order valence-corrected chi connectivity index (χ1v) is 7.47. The zero-order valence-corrected chi connectivity index (χ0v) is 12.7. The van der Waals surface area contributed by atoms with Crippen LogP contribution in [-0.2, 0) is 0 Å². The number of allylic oxidation sites excluding steroid dienone is 1. The summed E-state index contributed by atoms with van der Waals surface area (Å²) < 4.78 is 0.991. The standard InChI is InChI=1S/C16H9ClN2O2S/c17-11-6-9(7-13(20)15(11)21)5-10(8-18)16-19-12-3-1-2-4-14(12)22-16/h1-7,20-21H/b10-5+. The fourth-order valence-corrected chi connectivity index (χ4v) is 3.14. The Bertz CT molecular complexity index is 885. The molecule has 0 saturated heterocycles. The Morgan fingerprint density at radius 2 is 2.05 bits per heavy atom. The summed E-state index contributed by atoms with van der Waals surface area (Å²) >= 11 is 7.23. The van der Waals surface area contributed by atoms with Crippen molar-refractivity contribution in [2.75, 3.05) is 0 Å². The molecule has 4 nitrogen and oxygen atoms in total. The molecule has 0 radical (unpaired) electrons. The summed E-state index contributed by atoms with van der Waals surface area (Å²) in [5, 5.41) is 29.0. The second-order valence-electron chi connectivity index (χ2n) is 4.53. The number of hydrogen-bond donors (Lipinski definition) is 2. The number of benzene rings is 2. The minimum absolute atomic E-state index is 0.0211. The maximum absolute atomic E-state index is 9.59. The van der Waals surface area contributed by atoms with Crippen molar-refractivity contribution in [1.82, 2.24) is 4.98 Å². The smallest absolute Gasteiger partial charge is 0.176 e. The van der Waals surface area contributed by atoms with Crippen LogP contribution in [0.3, 0.4) is 0 Å². The minimum Gasteiger partial charge on any atom is -0.504 e. The van der Waals surface area contributed by atoms with Crippen molar-refractivity contribution in [3.63, 3.8) is 0 Å². The van der Waals surface area contributed by atoms with E-state index in [2.05, 4.69) is 11.1 Å². The predicted octanol–water partition coefficient (Wildman–Crippen LogP) is 4.43. The summed E-state index contributed by atoms with van der Waals surface area (Å²) in [6.45, 7) is 0. The van der Waals surface area contributed by atoms with Crippen LogP contribution in [0, 0.1) is 11.3 Å². The van der Waals surface area contributed by atoms with E-state index in [9.17, 15) is 15.5 Å². The number of nitrogens with zero attached hydrogens (tertiary/aromatic N) is 2. The van der Waals surface area contributed by atoms with E-state index in [4.69, 9.17) is 11.6 Å². The van der Waals surface area contributed by atoms with E-state index in [1.807, 2.05) is 24.3 Å². The molecule has 0 unspecified atom stereocenters. The van der Waals surface area contributed by atoms with Crippen LogP contribution in [0.4, 0.5) is 0 Å². The van der Waals surface area contributed by atoms with E-state index in [0.29, 0.717) is 16.1 Å². The molecule has 2 N–H and O–H groups in total. The van der Waals surface area contributed by atoms with Gasteiger partial charge in [0.1, 0.15) is 11.1 Å². The first kappa shape index (κ1) is 14.4. The lowest BCUT2D eigenvalue weighted by atomic mass is 10.1. The molecule has 22 heavy (non-hydrogen) atoms. The molecule has 2 aromatic carbocycles. The van der Waals surface area contributed by atoms with Crippen LogP contribution in [0.2, 0.25) is 5.02 Å². The fourth-order valence-electron chi connectivity index (χ4n) is 1.98. The predicted molar refractivity (Wildman–Crippen MR) is 87.9 cm³/mol. The Balaban J connectivity index is 2.09. The molecule has 0 bridgehead atoms. The van der Waals surface area contributed by atoms with E-state index in [1.54, 1.807) is 6.08 Å². The topological polar surface area (TPSA) is 77.1 Å². The molecule has 0 spiro atoms. The van der Waals surface area contributed by atoms with Crippen molar-refractivity contribution in [2.45, 2.75) is 0 Å². The Labute approximate surface area is 135 Å². The number of fused-ring (bicyclic) bond motifs is 1. The molecule has 3 aromatic rings. The number of para-hydroxylation sites is 1. The summed E-state index contributed by atoms with van der Waals surface area (Å²) in [6.07, 6.45) is 1.57. The van der Waals surface area contributed by atoms with Crippen LogP contribution in [0.25, 0.3) is 21.9 Å². The van der Waals surface area contributed by atoms with Gasteiger partial charge in [0.05, 0.1) is 20.8 Å². The van der Waals surface area contributed by atoms with Crippen molar-refractivity contribution < 1.29 is 10.2 Å². The third-order valence-electron chi connectivity index (χ3n) is 3.02. The van der Waals surface area contributed by atoms with Crippen LogP contribution in [0.15, 0.2) is 36.4 Å². The molecule has 0 aliphatic heterocycles. The zero-order chi connectivity index (χ0) is 15.7. The summed E-state index contributed by atoms with van der Waals surface area (Å²) in [4.78, 5) is 4.43. The SMILES string of the molecule is N#C/C(=C\c1cc(O)c(O)c(Cl)c1)c1nc2ccccc2s1. The molecule has 3 rings (SSSR count). The van der Waals surface area contributed by atoms with Crippen molar-refractivity contribution in [3.05, 3.63) is 52.0 Å². The maximum Gasteiger partial charge on any atom is 0.176 e. The van der Waals surface area contributed by atoms with E-state index in [1.165, 1.54) is 23.5 Å². The molecule has 0 atom stereocenters. The van der Waals surface area contributed by atoms with Crippen molar-refractivity contribution in [3.8, 4) is 17.6 Å². The summed E-state index contributed by atoms with van der Waals surface area (Å²) in [7, 11) is 0. The average molecular weight is 329 g/mol. The number of aromatic hydroxyl groups is 2. The van der Waals surface area contributed by atoms with Crippen molar-refractivity contribution in [2.24, 2.45) is 0 Å². The molecule has 1 aromatic heterocycles. The van der Waals surface area contributed by atoms with Crippen molar-refractivity contribution >= 4 is 44.8 Å². The molecule has 0 saturated carbocycles. The number of halogens is 1. The second-order valence-corrected chi connectivity index (χ2v) is 5.96. The molecule has 0 amide bonds. The normalized spacial score (nSPS) is 11.5. The van der Waals surface area contributed by atoms with Crippen LogP contribution in [-0.4, -0.2) is 15.2 Å². The highest BCUT2D eigenvalue weighted by Gasteiger charge is 2.11. The molecule has 1 heterocycles. The molecule has 108 valence electrons. The molecular weight excluding hydrogens is 320 g/mol. The number of thiazole rings is 1. The van der Waals surface area contributed by atoms with Gasteiger partial charge < -0.3 is 10.2 Å². The van der Waals surface area contributed by atoms with E-state index >= 15 is 0 Å². The van der Waals surface area contributed by atoms with Crippen LogP contribution in [0.1, 0.15) is 10.6 Å². The van der Waals surface area contributed by atoms with Crippen LogP contribution < -0.4 is 0 Å². The highest BCUT2D eigenvalue weighted by Crippen LogP contribution is 2.35. The Kier molecular flexibility index (Phi) is 3.72. The molecule has 0 fully saturated rings. The lowest BCUT2D eigenvalue weighted by Crippen LogP contribution is -1.82. The van der Waals surface area contributed by atoms with Crippen molar-refractivity contribution in [1.29, 1.82) is 5.26 Å². The third kappa shape index (κ3) is 2.62.